The normalized spacial score (nSPS) is 16.7. The molecule has 1 saturated heterocycles. The summed E-state index contributed by atoms with van der Waals surface area (Å²) in [6.07, 6.45) is 1.48. The van der Waals surface area contributed by atoms with Gasteiger partial charge in [0.15, 0.2) is 0 Å². The van der Waals surface area contributed by atoms with E-state index >= 15 is 0 Å². The number of nitrogens with one attached hydrogen (secondary N) is 1. The summed E-state index contributed by atoms with van der Waals surface area (Å²) in [6, 6.07) is 4.34. The molecule has 0 saturated carbocycles. The zero-order valence-electron chi connectivity index (χ0n) is 14.1. The molecule has 1 aliphatic rings. The first kappa shape index (κ1) is 20.9. The number of carbonyl (C=O) groups excluding carboxylic acids is 2. The fourth-order valence-electron chi connectivity index (χ4n) is 2.89. The van der Waals surface area contributed by atoms with E-state index in [0.29, 0.717) is 37.3 Å². The molecule has 2 amide bonds. The standard InChI is InChI=1S/C16H22N4O4.ClH/c1-11-9-12(4-5-14(11)20(23)24)16(22)19-8-2-3-13(10-19)15(21)18-7-6-17;/h4-5,9,13H,2-3,6-8,10,17H2,1H3,(H,18,21);1H. The van der Waals surface area contributed by atoms with Gasteiger partial charge in [-0.1, -0.05) is 0 Å². The van der Waals surface area contributed by atoms with Crippen LogP contribution in [0, 0.1) is 23.0 Å². The number of nitro benzene ring substituents is 1. The van der Waals surface area contributed by atoms with Crippen molar-refractivity contribution in [1.29, 1.82) is 0 Å². The van der Waals surface area contributed by atoms with E-state index in [1.807, 2.05) is 0 Å². The molecular formula is C16H23ClN4O4. The van der Waals surface area contributed by atoms with Gasteiger partial charge in [0, 0.05) is 43.4 Å². The Hall–Kier alpha value is -2.19. The van der Waals surface area contributed by atoms with E-state index in [4.69, 9.17) is 5.73 Å². The number of carbonyl (C=O) groups is 2. The van der Waals surface area contributed by atoms with Crippen LogP contribution < -0.4 is 11.1 Å². The van der Waals surface area contributed by atoms with Gasteiger partial charge in [-0.15, -0.1) is 12.4 Å². The molecule has 3 N–H and O–H groups in total. The highest BCUT2D eigenvalue weighted by Crippen LogP contribution is 2.22. The summed E-state index contributed by atoms with van der Waals surface area (Å²) in [6.45, 7) is 3.34. The predicted octanol–water partition coefficient (Wildman–Crippen LogP) is 1.25. The summed E-state index contributed by atoms with van der Waals surface area (Å²) in [7, 11) is 0. The molecule has 1 fully saturated rings. The number of hydrogen-bond donors (Lipinski definition) is 2. The van der Waals surface area contributed by atoms with E-state index in [1.165, 1.54) is 18.2 Å². The van der Waals surface area contributed by atoms with Crippen molar-refractivity contribution in [3.05, 3.63) is 39.4 Å². The first-order valence-electron chi connectivity index (χ1n) is 7.96. The van der Waals surface area contributed by atoms with E-state index in [9.17, 15) is 19.7 Å². The van der Waals surface area contributed by atoms with Gasteiger partial charge in [0.25, 0.3) is 11.6 Å². The number of piperidine rings is 1. The fourth-order valence-corrected chi connectivity index (χ4v) is 2.89. The number of nitro groups is 1. The average molecular weight is 371 g/mol. The smallest absolute Gasteiger partial charge is 0.272 e. The Morgan fingerprint density at radius 3 is 2.76 bits per heavy atom. The summed E-state index contributed by atoms with van der Waals surface area (Å²) < 4.78 is 0. The van der Waals surface area contributed by atoms with Crippen molar-refractivity contribution in [2.24, 2.45) is 11.7 Å². The number of aryl methyl sites for hydroxylation is 1. The van der Waals surface area contributed by atoms with E-state index in [0.717, 1.165) is 12.8 Å². The molecule has 1 aromatic rings. The second-order valence-corrected chi connectivity index (χ2v) is 5.93. The molecule has 8 nitrogen and oxygen atoms in total. The van der Waals surface area contributed by atoms with Gasteiger partial charge in [0.1, 0.15) is 0 Å². The molecule has 9 heteroatoms. The monoisotopic (exact) mass is 370 g/mol. The maximum Gasteiger partial charge on any atom is 0.272 e. The van der Waals surface area contributed by atoms with Crippen LogP contribution in [0.25, 0.3) is 0 Å². The molecule has 1 atom stereocenters. The Bertz CT molecular complexity index is 653. The van der Waals surface area contributed by atoms with Crippen molar-refractivity contribution in [2.75, 3.05) is 26.2 Å². The number of nitrogens with zero attached hydrogens (tertiary/aromatic N) is 2. The van der Waals surface area contributed by atoms with Gasteiger partial charge < -0.3 is 16.0 Å². The Morgan fingerprint density at radius 1 is 1.44 bits per heavy atom. The lowest BCUT2D eigenvalue weighted by Crippen LogP contribution is -2.46. The number of halogens is 1. The topological polar surface area (TPSA) is 119 Å². The second-order valence-electron chi connectivity index (χ2n) is 5.93. The number of benzene rings is 1. The molecular weight excluding hydrogens is 348 g/mol. The molecule has 1 heterocycles. The van der Waals surface area contributed by atoms with Gasteiger partial charge in [-0.3, -0.25) is 19.7 Å². The van der Waals surface area contributed by atoms with Crippen LogP contribution >= 0.6 is 12.4 Å². The summed E-state index contributed by atoms with van der Waals surface area (Å²) >= 11 is 0. The fraction of sp³-hybridized carbons (Fsp3) is 0.500. The first-order chi connectivity index (χ1) is 11.4. The Kier molecular flexibility index (Phi) is 7.79. The first-order valence-corrected chi connectivity index (χ1v) is 7.96. The number of nitrogens with two attached hydrogens (primary N) is 1. The zero-order chi connectivity index (χ0) is 17.7. The molecule has 1 aromatic carbocycles. The van der Waals surface area contributed by atoms with Crippen LogP contribution in [0.15, 0.2) is 18.2 Å². The summed E-state index contributed by atoms with van der Waals surface area (Å²) in [5.41, 5.74) is 6.22. The minimum atomic E-state index is -0.470. The van der Waals surface area contributed by atoms with Crippen LogP contribution in [0.1, 0.15) is 28.8 Å². The van der Waals surface area contributed by atoms with Crippen LogP contribution in [-0.4, -0.2) is 47.8 Å². The lowest BCUT2D eigenvalue weighted by atomic mass is 9.96. The molecule has 1 aliphatic heterocycles. The van der Waals surface area contributed by atoms with Crippen molar-refractivity contribution >= 4 is 29.9 Å². The summed E-state index contributed by atoms with van der Waals surface area (Å²) in [5, 5.41) is 13.6. The highest BCUT2D eigenvalue weighted by Gasteiger charge is 2.29. The Balaban J connectivity index is 0.00000312. The molecule has 0 aromatic heterocycles. The molecule has 0 bridgehead atoms. The van der Waals surface area contributed by atoms with Gasteiger partial charge in [-0.05, 0) is 31.9 Å². The molecule has 0 aliphatic carbocycles. The Labute approximate surface area is 152 Å². The van der Waals surface area contributed by atoms with Crippen molar-refractivity contribution in [1.82, 2.24) is 10.2 Å². The maximum atomic E-state index is 12.6. The van der Waals surface area contributed by atoms with Crippen molar-refractivity contribution in [3.63, 3.8) is 0 Å². The van der Waals surface area contributed by atoms with Crippen LogP contribution in [-0.2, 0) is 4.79 Å². The Morgan fingerprint density at radius 2 is 2.16 bits per heavy atom. The van der Waals surface area contributed by atoms with Crippen LogP contribution in [0.4, 0.5) is 5.69 Å². The van der Waals surface area contributed by atoms with Gasteiger partial charge in [0.2, 0.25) is 5.91 Å². The van der Waals surface area contributed by atoms with Gasteiger partial charge in [-0.2, -0.15) is 0 Å². The highest BCUT2D eigenvalue weighted by atomic mass is 35.5. The molecule has 25 heavy (non-hydrogen) atoms. The largest absolute Gasteiger partial charge is 0.355 e. The third-order valence-corrected chi connectivity index (χ3v) is 4.16. The van der Waals surface area contributed by atoms with Crippen molar-refractivity contribution < 1.29 is 14.5 Å². The van der Waals surface area contributed by atoms with E-state index in [1.54, 1.807) is 11.8 Å². The predicted molar refractivity (Wildman–Crippen MR) is 95.8 cm³/mol. The van der Waals surface area contributed by atoms with Gasteiger partial charge in [-0.25, -0.2) is 0 Å². The third-order valence-electron chi connectivity index (χ3n) is 4.16. The van der Waals surface area contributed by atoms with Crippen LogP contribution in [0.2, 0.25) is 0 Å². The second kappa shape index (κ2) is 9.33. The summed E-state index contributed by atoms with van der Waals surface area (Å²) in [4.78, 5) is 36.7. The third kappa shape index (κ3) is 5.14. The zero-order valence-corrected chi connectivity index (χ0v) is 14.9. The molecule has 1 unspecified atom stereocenters. The number of rotatable bonds is 5. The molecule has 0 radical (unpaired) electrons. The SMILES string of the molecule is Cc1cc(C(=O)N2CCCC(C(=O)NCCN)C2)ccc1[N+](=O)[O-].Cl. The lowest BCUT2D eigenvalue weighted by Gasteiger charge is -2.32. The van der Waals surface area contributed by atoms with Crippen molar-refractivity contribution in [3.8, 4) is 0 Å². The lowest BCUT2D eigenvalue weighted by molar-refractivity contribution is -0.385. The minimum Gasteiger partial charge on any atom is -0.355 e. The number of amides is 2. The van der Waals surface area contributed by atoms with E-state index < -0.39 is 4.92 Å². The van der Waals surface area contributed by atoms with Crippen molar-refractivity contribution in [2.45, 2.75) is 19.8 Å². The molecule has 0 spiro atoms. The maximum absolute atomic E-state index is 12.6. The quantitative estimate of drug-likeness (QED) is 0.597. The minimum absolute atomic E-state index is 0. The summed E-state index contributed by atoms with van der Waals surface area (Å²) in [5.74, 6) is -0.532. The molecule has 2 rings (SSSR count). The van der Waals surface area contributed by atoms with E-state index in [2.05, 4.69) is 5.32 Å². The van der Waals surface area contributed by atoms with Crippen LogP contribution in [0.3, 0.4) is 0 Å². The number of hydrogen-bond acceptors (Lipinski definition) is 5. The highest BCUT2D eigenvalue weighted by molar-refractivity contribution is 5.95. The van der Waals surface area contributed by atoms with E-state index in [-0.39, 0.29) is 35.8 Å². The van der Waals surface area contributed by atoms with Crippen LogP contribution in [0.5, 0.6) is 0 Å². The molecule has 138 valence electrons. The van der Waals surface area contributed by atoms with Gasteiger partial charge >= 0.3 is 0 Å². The van der Waals surface area contributed by atoms with Gasteiger partial charge in [0.05, 0.1) is 10.8 Å². The average Bonchev–Trinajstić information content (AvgIpc) is 2.58. The number of likely N-dealkylation sites (tertiary alicyclic amines) is 1.